The third-order valence-corrected chi connectivity index (χ3v) is 1.97. The predicted octanol–water partition coefficient (Wildman–Crippen LogP) is 1.66. The van der Waals surface area contributed by atoms with E-state index in [0.29, 0.717) is 5.84 Å². The average Bonchev–Trinajstić information content (AvgIpc) is 2.48. The van der Waals surface area contributed by atoms with Crippen molar-refractivity contribution in [2.24, 2.45) is 30.8 Å². The van der Waals surface area contributed by atoms with Gasteiger partial charge in [0.1, 0.15) is 6.34 Å². The van der Waals surface area contributed by atoms with Gasteiger partial charge in [0.25, 0.3) is 0 Å². The quantitative estimate of drug-likeness (QED) is 0.540. The zero-order valence-corrected chi connectivity index (χ0v) is 7.89. The van der Waals surface area contributed by atoms with Crippen LogP contribution < -0.4 is 0 Å². The Morgan fingerprint density at radius 1 is 1.31 bits per heavy atom. The second kappa shape index (κ2) is 2.55. The molecule has 2 aliphatic rings. The molecule has 0 fully saturated rings. The van der Waals surface area contributed by atoms with Gasteiger partial charge >= 0.3 is 0 Å². The molecule has 0 saturated heterocycles. The van der Waals surface area contributed by atoms with Crippen molar-refractivity contribution in [3.05, 3.63) is 0 Å². The average molecular weight is 177 g/mol. The highest BCUT2D eigenvalue weighted by Crippen LogP contribution is 2.25. The van der Waals surface area contributed by atoms with Crippen molar-refractivity contribution in [2.75, 3.05) is 0 Å². The first kappa shape index (κ1) is 8.22. The Morgan fingerprint density at radius 3 is 2.77 bits per heavy atom. The van der Waals surface area contributed by atoms with Crippen molar-refractivity contribution >= 4 is 17.9 Å². The van der Waals surface area contributed by atoms with Crippen LogP contribution in [0.4, 0.5) is 0 Å². The van der Waals surface area contributed by atoms with Crippen LogP contribution in [0.3, 0.4) is 0 Å². The first-order valence-corrected chi connectivity index (χ1v) is 4.17. The summed E-state index contributed by atoms with van der Waals surface area (Å²) in [5.41, 5.74) is 0.962. The molecule has 5 heteroatoms. The SMILES string of the molecule is CC(C)(C)C1=NC=NC2=NN=NC21. The summed E-state index contributed by atoms with van der Waals surface area (Å²) in [6, 6.07) is -0.148. The molecule has 1 unspecified atom stereocenters. The van der Waals surface area contributed by atoms with E-state index in [9.17, 15) is 0 Å². The fourth-order valence-electron chi connectivity index (χ4n) is 1.33. The molecule has 0 aromatic rings. The fraction of sp³-hybridized carbons (Fsp3) is 0.625. The van der Waals surface area contributed by atoms with Crippen molar-refractivity contribution < 1.29 is 0 Å². The number of fused-ring (bicyclic) bond motifs is 1. The normalized spacial score (nSPS) is 25.6. The van der Waals surface area contributed by atoms with Crippen molar-refractivity contribution in [3.8, 4) is 0 Å². The van der Waals surface area contributed by atoms with Crippen LogP contribution in [0.15, 0.2) is 25.4 Å². The summed E-state index contributed by atoms with van der Waals surface area (Å²) >= 11 is 0. The third kappa shape index (κ3) is 1.30. The second-order valence-corrected chi connectivity index (χ2v) is 4.07. The molecule has 0 spiro atoms. The minimum Gasteiger partial charge on any atom is -0.242 e. The summed E-state index contributed by atoms with van der Waals surface area (Å²) in [5.74, 6) is 0.653. The number of amidine groups is 1. The van der Waals surface area contributed by atoms with Gasteiger partial charge in [0, 0.05) is 5.41 Å². The zero-order valence-electron chi connectivity index (χ0n) is 7.89. The van der Waals surface area contributed by atoms with Gasteiger partial charge in [0.2, 0.25) is 0 Å². The molecule has 0 saturated carbocycles. The smallest absolute Gasteiger partial charge is 0.186 e. The number of aliphatic imine (C=N–C) groups is 2. The monoisotopic (exact) mass is 177 g/mol. The van der Waals surface area contributed by atoms with Crippen molar-refractivity contribution in [1.29, 1.82) is 0 Å². The van der Waals surface area contributed by atoms with E-state index in [0.717, 1.165) is 5.71 Å². The second-order valence-electron chi connectivity index (χ2n) is 4.07. The number of hydrogen-bond acceptors (Lipinski definition) is 5. The van der Waals surface area contributed by atoms with E-state index in [1.165, 1.54) is 6.34 Å². The van der Waals surface area contributed by atoms with Crippen LogP contribution in [0.2, 0.25) is 0 Å². The van der Waals surface area contributed by atoms with Gasteiger partial charge in [-0.2, -0.15) is 5.11 Å². The first-order chi connectivity index (χ1) is 6.09. The lowest BCUT2D eigenvalue weighted by molar-refractivity contribution is 0.576. The minimum atomic E-state index is -0.148. The largest absolute Gasteiger partial charge is 0.242 e. The maximum Gasteiger partial charge on any atom is 0.186 e. The van der Waals surface area contributed by atoms with Gasteiger partial charge < -0.3 is 0 Å². The summed E-state index contributed by atoms with van der Waals surface area (Å²) in [5, 5.41) is 11.4. The van der Waals surface area contributed by atoms with Crippen molar-refractivity contribution in [2.45, 2.75) is 26.8 Å². The zero-order chi connectivity index (χ0) is 9.47. The van der Waals surface area contributed by atoms with Crippen LogP contribution in [-0.4, -0.2) is 23.9 Å². The summed E-state index contributed by atoms with van der Waals surface area (Å²) in [6.45, 7) is 6.28. The third-order valence-electron chi connectivity index (χ3n) is 1.97. The highest BCUT2D eigenvalue weighted by molar-refractivity contribution is 6.18. The number of rotatable bonds is 0. The Hall–Kier alpha value is -1.39. The van der Waals surface area contributed by atoms with E-state index >= 15 is 0 Å². The molecule has 0 aromatic heterocycles. The molecular formula is C8H11N5. The summed E-state index contributed by atoms with van der Waals surface area (Å²) < 4.78 is 0. The van der Waals surface area contributed by atoms with E-state index in [1.54, 1.807) is 0 Å². The van der Waals surface area contributed by atoms with Crippen LogP contribution >= 0.6 is 0 Å². The van der Waals surface area contributed by atoms with Crippen molar-refractivity contribution in [1.82, 2.24) is 0 Å². The van der Waals surface area contributed by atoms with Crippen LogP contribution in [0.1, 0.15) is 20.8 Å². The van der Waals surface area contributed by atoms with Crippen molar-refractivity contribution in [3.63, 3.8) is 0 Å². The number of hydrogen-bond donors (Lipinski definition) is 0. The Balaban J connectivity index is 2.39. The van der Waals surface area contributed by atoms with Gasteiger partial charge in [-0.05, 0) is 5.22 Å². The molecule has 0 aromatic carbocycles. The Labute approximate surface area is 76.4 Å². The van der Waals surface area contributed by atoms with Gasteiger partial charge in [0.15, 0.2) is 11.9 Å². The highest BCUT2D eigenvalue weighted by Gasteiger charge is 2.34. The Bertz CT molecular complexity index is 342. The van der Waals surface area contributed by atoms with Crippen LogP contribution in [0.5, 0.6) is 0 Å². The lowest BCUT2D eigenvalue weighted by atomic mass is 9.85. The van der Waals surface area contributed by atoms with Crippen LogP contribution in [0.25, 0.3) is 0 Å². The molecule has 13 heavy (non-hydrogen) atoms. The summed E-state index contributed by atoms with van der Waals surface area (Å²) in [4.78, 5) is 8.24. The van der Waals surface area contributed by atoms with Crippen LogP contribution in [0, 0.1) is 5.41 Å². The maximum absolute atomic E-state index is 4.23. The molecule has 2 aliphatic heterocycles. The molecule has 0 aliphatic carbocycles. The van der Waals surface area contributed by atoms with Gasteiger partial charge in [-0.15, -0.1) is 5.10 Å². The molecule has 2 heterocycles. The minimum absolute atomic E-state index is 0.0127. The molecule has 68 valence electrons. The van der Waals surface area contributed by atoms with E-state index in [1.807, 2.05) is 0 Å². The van der Waals surface area contributed by atoms with E-state index in [4.69, 9.17) is 0 Å². The Kier molecular flexibility index (Phi) is 1.61. The van der Waals surface area contributed by atoms with E-state index in [2.05, 4.69) is 46.2 Å². The Morgan fingerprint density at radius 2 is 2.08 bits per heavy atom. The highest BCUT2D eigenvalue weighted by atomic mass is 15.4. The van der Waals surface area contributed by atoms with Gasteiger partial charge in [0.05, 0.1) is 5.71 Å². The van der Waals surface area contributed by atoms with Gasteiger partial charge in [-0.1, -0.05) is 20.8 Å². The molecule has 0 bridgehead atoms. The van der Waals surface area contributed by atoms with Gasteiger partial charge in [-0.3, -0.25) is 0 Å². The molecule has 1 atom stereocenters. The number of nitrogens with zero attached hydrogens (tertiary/aromatic N) is 5. The molecule has 0 amide bonds. The first-order valence-electron chi connectivity index (χ1n) is 4.17. The lowest BCUT2D eigenvalue weighted by Crippen LogP contribution is -2.37. The molecular weight excluding hydrogens is 166 g/mol. The fourth-order valence-corrected chi connectivity index (χ4v) is 1.33. The maximum atomic E-state index is 4.23. The molecule has 5 nitrogen and oxygen atoms in total. The standard InChI is InChI=1S/C8H11N5/c1-8(2,3)6-5-7(10-4-9-6)12-13-11-5/h4-5H,1-3H3. The van der Waals surface area contributed by atoms with E-state index < -0.39 is 0 Å². The molecule has 2 rings (SSSR count). The van der Waals surface area contributed by atoms with Crippen LogP contribution in [-0.2, 0) is 0 Å². The molecule has 0 radical (unpaired) electrons. The summed E-state index contributed by atoms with van der Waals surface area (Å²) in [6.07, 6.45) is 1.52. The topological polar surface area (TPSA) is 61.8 Å². The molecule has 0 N–H and O–H groups in total. The summed E-state index contributed by atoms with van der Waals surface area (Å²) in [7, 11) is 0. The predicted molar refractivity (Wildman–Crippen MR) is 51.5 cm³/mol. The lowest BCUT2D eigenvalue weighted by Gasteiger charge is -2.24. The van der Waals surface area contributed by atoms with E-state index in [-0.39, 0.29) is 11.5 Å². The van der Waals surface area contributed by atoms with Gasteiger partial charge in [-0.25, -0.2) is 9.98 Å².